The molecule has 0 unspecified atom stereocenters. The molecule has 0 heterocycles. The van der Waals surface area contributed by atoms with Crippen molar-refractivity contribution in [2.24, 2.45) is 0 Å². The van der Waals surface area contributed by atoms with E-state index in [1.54, 1.807) is 6.92 Å². The Balaban J connectivity index is 3.28. The third kappa shape index (κ3) is 1.92. The molecule has 0 bridgehead atoms. The monoisotopic (exact) mass is 199 g/mol. The summed E-state index contributed by atoms with van der Waals surface area (Å²) in [4.78, 5) is 10.3. The summed E-state index contributed by atoms with van der Waals surface area (Å²) in [7, 11) is 1.52. The molecule has 0 aliphatic heterocycles. The second-order valence-electron chi connectivity index (χ2n) is 2.57. The van der Waals surface area contributed by atoms with E-state index in [-0.39, 0.29) is 5.69 Å². The van der Waals surface area contributed by atoms with Gasteiger partial charge in [0.2, 0.25) is 0 Å². The number of hydrogen-bond donors (Lipinski definition) is 1. The minimum absolute atomic E-state index is 0.00151. The third-order valence-corrected chi connectivity index (χ3v) is 2.05. The number of hydrogen-bond acceptors (Lipinski definition) is 4. The molecule has 0 aliphatic rings. The van der Waals surface area contributed by atoms with Crippen molar-refractivity contribution in [1.29, 1.82) is 0 Å². The van der Waals surface area contributed by atoms with Gasteiger partial charge >= 0.3 is 0 Å². The van der Waals surface area contributed by atoms with Gasteiger partial charge in [0, 0.05) is 12.1 Å². The Hall–Kier alpha value is -1.23. The maximum Gasteiger partial charge on any atom is 0.283 e. The van der Waals surface area contributed by atoms with Gasteiger partial charge in [0.05, 0.1) is 16.9 Å². The van der Waals surface area contributed by atoms with Crippen LogP contribution in [0.25, 0.3) is 0 Å². The summed E-state index contributed by atoms with van der Waals surface area (Å²) in [5.41, 5.74) is 0.730. The smallest absolute Gasteiger partial charge is 0.283 e. The van der Waals surface area contributed by atoms with Crippen LogP contribution in [0.4, 0.5) is 5.69 Å². The largest absolute Gasteiger partial charge is 0.496 e. The van der Waals surface area contributed by atoms with Crippen LogP contribution in [0.3, 0.4) is 0 Å². The van der Waals surface area contributed by atoms with Gasteiger partial charge in [-0.3, -0.25) is 10.1 Å². The van der Waals surface area contributed by atoms with Gasteiger partial charge in [-0.05, 0) is 12.5 Å². The molecule has 0 N–H and O–H groups in total. The zero-order valence-electron chi connectivity index (χ0n) is 7.27. The summed E-state index contributed by atoms with van der Waals surface area (Å²) in [6.45, 7) is 1.75. The van der Waals surface area contributed by atoms with E-state index in [0.29, 0.717) is 10.6 Å². The van der Waals surface area contributed by atoms with Crippen molar-refractivity contribution in [2.75, 3.05) is 7.11 Å². The standard InChI is InChI=1S/C8H9NO3S/c1-5-3-6(9(10)11)8(13)4-7(5)12-2/h3-4,13H,1-2H3. The Morgan fingerprint density at radius 3 is 2.62 bits per heavy atom. The van der Waals surface area contributed by atoms with Crippen LogP contribution in [0, 0.1) is 17.0 Å². The summed E-state index contributed by atoms with van der Waals surface area (Å²) in [5, 5.41) is 10.5. The number of nitro benzene ring substituents is 1. The van der Waals surface area contributed by atoms with Gasteiger partial charge in [-0.15, -0.1) is 12.6 Å². The van der Waals surface area contributed by atoms with E-state index in [0.717, 1.165) is 5.56 Å². The van der Waals surface area contributed by atoms with E-state index in [4.69, 9.17) is 4.74 Å². The molecular formula is C8H9NO3S. The van der Waals surface area contributed by atoms with Crippen LogP contribution >= 0.6 is 12.6 Å². The quantitative estimate of drug-likeness (QED) is 0.451. The summed E-state index contributed by atoms with van der Waals surface area (Å²) in [6.07, 6.45) is 0. The van der Waals surface area contributed by atoms with Crippen LogP contribution in [0.2, 0.25) is 0 Å². The summed E-state index contributed by atoms with van der Waals surface area (Å²) < 4.78 is 4.99. The molecule has 1 aromatic rings. The van der Waals surface area contributed by atoms with Gasteiger partial charge in [0.15, 0.2) is 0 Å². The molecule has 1 aromatic carbocycles. The molecule has 5 heteroatoms. The van der Waals surface area contributed by atoms with Gasteiger partial charge in [0.1, 0.15) is 5.75 Å². The lowest BCUT2D eigenvalue weighted by molar-refractivity contribution is -0.387. The highest BCUT2D eigenvalue weighted by Crippen LogP contribution is 2.30. The molecule has 70 valence electrons. The van der Waals surface area contributed by atoms with Crippen molar-refractivity contribution in [1.82, 2.24) is 0 Å². The molecule has 0 spiro atoms. The second kappa shape index (κ2) is 3.66. The Morgan fingerprint density at radius 1 is 1.54 bits per heavy atom. The molecule has 1 rings (SSSR count). The van der Waals surface area contributed by atoms with E-state index in [1.807, 2.05) is 0 Å². The predicted molar refractivity (Wildman–Crippen MR) is 51.6 cm³/mol. The van der Waals surface area contributed by atoms with Crippen molar-refractivity contribution < 1.29 is 9.66 Å². The number of rotatable bonds is 2. The van der Waals surface area contributed by atoms with Gasteiger partial charge in [-0.25, -0.2) is 0 Å². The van der Waals surface area contributed by atoms with Gasteiger partial charge in [-0.1, -0.05) is 0 Å². The van der Waals surface area contributed by atoms with E-state index in [9.17, 15) is 10.1 Å². The van der Waals surface area contributed by atoms with E-state index >= 15 is 0 Å². The molecule has 0 saturated carbocycles. The summed E-state index contributed by atoms with van der Waals surface area (Å²) in [5.74, 6) is 0.607. The zero-order chi connectivity index (χ0) is 10.0. The van der Waals surface area contributed by atoms with Gasteiger partial charge < -0.3 is 4.74 Å². The van der Waals surface area contributed by atoms with E-state index in [2.05, 4.69) is 12.6 Å². The molecule has 0 amide bonds. The zero-order valence-corrected chi connectivity index (χ0v) is 8.17. The van der Waals surface area contributed by atoms with Crippen molar-refractivity contribution in [3.05, 3.63) is 27.8 Å². The average Bonchev–Trinajstić information content (AvgIpc) is 2.07. The molecule has 0 fully saturated rings. The van der Waals surface area contributed by atoms with Crippen molar-refractivity contribution in [3.63, 3.8) is 0 Å². The lowest BCUT2D eigenvalue weighted by Crippen LogP contribution is -1.93. The summed E-state index contributed by atoms with van der Waals surface area (Å²) >= 11 is 3.99. The molecule has 0 saturated heterocycles. The Bertz CT molecular complexity index is 351. The maximum atomic E-state index is 10.5. The van der Waals surface area contributed by atoms with Crippen LogP contribution in [-0.2, 0) is 0 Å². The maximum absolute atomic E-state index is 10.5. The molecule has 4 nitrogen and oxygen atoms in total. The lowest BCUT2D eigenvalue weighted by atomic mass is 10.2. The lowest BCUT2D eigenvalue weighted by Gasteiger charge is -2.04. The number of benzene rings is 1. The first-order chi connectivity index (χ1) is 6.06. The van der Waals surface area contributed by atoms with E-state index in [1.165, 1.54) is 19.2 Å². The number of methoxy groups -OCH3 is 1. The average molecular weight is 199 g/mol. The fraction of sp³-hybridized carbons (Fsp3) is 0.250. The van der Waals surface area contributed by atoms with Crippen molar-refractivity contribution >= 4 is 18.3 Å². The van der Waals surface area contributed by atoms with Crippen LogP contribution < -0.4 is 4.74 Å². The fourth-order valence-corrected chi connectivity index (χ4v) is 1.29. The topological polar surface area (TPSA) is 52.4 Å². The second-order valence-corrected chi connectivity index (χ2v) is 3.05. The number of thiol groups is 1. The number of nitro groups is 1. The van der Waals surface area contributed by atoms with Gasteiger partial charge in [-0.2, -0.15) is 0 Å². The number of ether oxygens (including phenoxy) is 1. The van der Waals surface area contributed by atoms with Crippen LogP contribution in [-0.4, -0.2) is 12.0 Å². The molecule has 0 aliphatic carbocycles. The van der Waals surface area contributed by atoms with Crippen molar-refractivity contribution in [2.45, 2.75) is 11.8 Å². The molecule has 0 radical (unpaired) electrons. The first kappa shape index (κ1) is 9.85. The highest BCUT2D eigenvalue weighted by molar-refractivity contribution is 7.80. The third-order valence-electron chi connectivity index (χ3n) is 1.69. The minimum Gasteiger partial charge on any atom is -0.496 e. The van der Waals surface area contributed by atoms with Crippen LogP contribution in [0.15, 0.2) is 17.0 Å². The molecular weight excluding hydrogens is 190 g/mol. The van der Waals surface area contributed by atoms with Crippen LogP contribution in [0.1, 0.15) is 5.56 Å². The van der Waals surface area contributed by atoms with Gasteiger partial charge in [0.25, 0.3) is 5.69 Å². The van der Waals surface area contributed by atoms with Crippen molar-refractivity contribution in [3.8, 4) is 5.75 Å². The summed E-state index contributed by atoms with van der Waals surface area (Å²) in [6, 6.07) is 2.98. The van der Waals surface area contributed by atoms with E-state index < -0.39 is 4.92 Å². The fourth-order valence-electron chi connectivity index (χ4n) is 1.03. The normalized spacial score (nSPS) is 9.77. The van der Waals surface area contributed by atoms with Crippen LogP contribution in [0.5, 0.6) is 5.75 Å². The molecule has 0 atom stereocenters. The first-order valence-corrected chi connectivity index (χ1v) is 4.03. The number of nitrogens with zero attached hydrogens (tertiary/aromatic N) is 1. The minimum atomic E-state index is -0.464. The number of aryl methyl sites for hydroxylation is 1. The Morgan fingerprint density at radius 2 is 2.15 bits per heavy atom. The SMILES string of the molecule is COc1cc(S)c([N+](=O)[O-])cc1C. The molecule has 0 aromatic heterocycles. The Labute approximate surface area is 81.1 Å². The highest BCUT2D eigenvalue weighted by Gasteiger charge is 2.13. The molecule has 13 heavy (non-hydrogen) atoms. The first-order valence-electron chi connectivity index (χ1n) is 3.58. The Kier molecular flexibility index (Phi) is 2.77. The predicted octanol–water partition coefficient (Wildman–Crippen LogP) is 2.20. The highest BCUT2D eigenvalue weighted by atomic mass is 32.1.